The Morgan fingerprint density at radius 1 is 1.56 bits per heavy atom. The highest BCUT2D eigenvalue weighted by Gasteiger charge is 2.25. The van der Waals surface area contributed by atoms with E-state index in [0.29, 0.717) is 4.88 Å². The largest absolute Gasteiger partial charge is 0.465 e. The summed E-state index contributed by atoms with van der Waals surface area (Å²) in [4.78, 5) is 11.5. The molecule has 1 heterocycles. The lowest BCUT2D eigenvalue weighted by Gasteiger charge is -2.14. The van der Waals surface area contributed by atoms with E-state index in [4.69, 9.17) is 5.26 Å². The number of nitriles is 1. The molecule has 98 valence electrons. The number of hydrogen-bond donors (Lipinski definition) is 0. The first-order valence-corrected chi connectivity index (χ1v) is 7.29. The lowest BCUT2D eigenvalue weighted by Crippen LogP contribution is -2.32. The summed E-state index contributed by atoms with van der Waals surface area (Å²) >= 11 is 0.866. The number of carbonyl (C=O) groups excluding carboxylic acids is 1. The van der Waals surface area contributed by atoms with E-state index in [0.717, 1.165) is 15.6 Å². The Bertz CT molecular complexity index is 571. The van der Waals surface area contributed by atoms with E-state index >= 15 is 0 Å². The van der Waals surface area contributed by atoms with Gasteiger partial charge < -0.3 is 4.74 Å². The molecular formula is C10H12N2O4S2. The van der Waals surface area contributed by atoms with Crippen LogP contribution < -0.4 is 0 Å². The minimum atomic E-state index is -3.74. The van der Waals surface area contributed by atoms with Gasteiger partial charge in [0.2, 0.25) is 0 Å². The van der Waals surface area contributed by atoms with Gasteiger partial charge in [0.05, 0.1) is 6.61 Å². The van der Waals surface area contributed by atoms with Crippen LogP contribution in [0.25, 0.3) is 0 Å². The third kappa shape index (κ3) is 3.29. The summed E-state index contributed by atoms with van der Waals surface area (Å²) in [5.41, 5.74) is 0. The van der Waals surface area contributed by atoms with Gasteiger partial charge in [-0.2, -0.15) is 9.57 Å². The molecule has 0 radical (unpaired) electrons. The summed E-state index contributed by atoms with van der Waals surface area (Å²) in [6, 6.07) is 4.64. The highest BCUT2D eigenvalue weighted by molar-refractivity contribution is 7.91. The molecule has 0 saturated carbocycles. The second-order valence-corrected chi connectivity index (χ2v) is 6.65. The monoisotopic (exact) mass is 288 g/mol. The van der Waals surface area contributed by atoms with Gasteiger partial charge in [-0.1, -0.05) is 0 Å². The van der Waals surface area contributed by atoms with E-state index in [9.17, 15) is 13.2 Å². The first kappa shape index (κ1) is 14.6. The Labute approximate surface area is 109 Å². The maximum Gasteiger partial charge on any atom is 0.321 e. The van der Waals surface area contributed by atoms with Crippen LogP contribution in [0.5, 0.6) is 0 Å². The summed E-state index contributed by atoms with van der Waals surface area (Å²) in [5.74, 6) is -0.611. The predicted molar refractivity (Wildman–Crippen MR) is 65.5 cm³/mol. The highest BCUT2D eigenvalue weighted by Crippen LogP contribution is 2.23. The van der Waals surface area contributed by atoms with Gasteiger partial charge >= 0.3 is 5.97 Å². The van der Waals surface area contributed by atoms with E-state index in [2.05, 4.69) is 4.74 Å². The summed E-state index contributed by atoms with van der Waals surface area (Å²) in [6.45, 7) is 1.49. The zero-order valence-corrected chi connectivity index (χ0v) is 11.5. The third-order valence-corrected chi connectivity index (χ3v) is 5.27. The third-order valence-electron chi connectivity index (χ3n) is 2.01. The molecule has 6 nitrogen and oxygen atoms in total. The Balaban J connectivity index is 2.87. The van der Waals surface area contributed by atoms with Crippen molar-refractivity contribution in [3.8, 4) is 6.07 Å². The van der Waals surface area contributed by atoms with Gasteiger partial charge in [-0.05, 0) is 19.1 Å². The minimum Gasteiger partial charge on any atom is -0.465 e. The van der Waals surface area contributed by atoms with E-state index in [1.54, 1.807) is 6.92 Å². The van der Waals surface area contributed by atoms with Crippen molar-refractivity contribution >= 4 is 27.3 Å². The van der Waals surface area contributed by atoms with Crippen molar-refractivity contribution < 1.29 is 17.9 Å². The number of nitrogens with zero attached hydrogens (tertiary/aromatic N) is 2. The molecule has 0 spiro atoms. The molecule has 0 aliphatic heterocycles. The van der Waals surface area contributed by atoms with E-state index in [1.807, 2.05) is 6.07 Å². The number of thiophene rings is 1. The van der Waals surface area contributed by atoms with Crippen molar-refractivity contribution in [3.63, 3.8) is 0 Å². The van der Waals surface area contributed by atoms with Gasteiger partial charge in [-0.25, -0.2) is 8.42 Å². The van der Waals surface area contributed by atoms with Crippen LogP contribution in [-0.2, 0) is 19.6 Å². The van der Waals surface area contributed by atoms with Crippen molar-refractivity contribution in [2.45, 2.75) is 11.1 Å². The van der Waals surface area contributed by atoms with Crippen molar-refractivity contribution in [2.24, 2.45) is 0 Å². The molecular weight excluding hydrogens is 276 g/mol. The van der Waals surface area contributed by atoms with Crippen molar-refractivity contribution in [1.29, 1.82) is 5.26 Å². The summed E-state index contributed by atoms with van der Waals surface area (Å²) in [7, 11) is -2.45. The molecule has 0 fully saturated rings. The van der Waals surface area contributed by atoms with Crippen LogP contribution in [0.4, 0.5) is 0 Å². The molecule has 0 aliphatic carbocycles. The molecule has 18 heavy (non-hydrogen) atoms. The average molecular weight is 288 g/mol. The molecule has 0 aromatic carbocycles. The van der Waals surface area contributed by atoms with Crippen LogP contribution in [0, 0.1) is 11.3 Å². The number of esters is 1. The first-order chi connectivity index (χ1) is 8.41. The second-order valence-electron chi connectivity index (χ2n) is 3.30. The molecule has 0 saturated heterocycles. The van der Waals surface area contributed by atoms with Crippen molar-refractivity contribution in [3.05, 3.63) is 17.0 Å². The Morgan fingerprint density at radius 2 is 2.22 bits per heavy atom. The molecule has 1 rings (SSSR count). The predicted octanol–water partition coefficient (Wildman–Crippen LogP) is 0.803. The van der Waals surface area contributed by atoms with Gasteiger partial charge in [-0.15, -0.1) is 11.3 Å². The minimum absolute atomic E-state index is 0.0332. The number of likely N-dealkylation sites (N-methyl/N-ethyl adjacent to an activating group) is 1. The number of sulfonamides is 1. The van der Waals surface area contributed by atoms with Crippen LogP contribution in [-0.4, -0.2) is 38.9 Å². The number of rotatable bonds is 5. The van der Waals surface area contributed by atoms with Crippen LogP contribution in [0.15, 0.2) is 16.3 Å². The summed E-state index contributed by atoms with van der Waals surface area (Å²) < 4.78 is 29.7. The number of hydrogen-bond acceptors (Lipinski definition) is 6. The fraction of sp³-hybridized carbons (Fsp3) is 0.400. The molecule has 8 heteroatoms. The fourth-order valence-electron chi connectivity index (χ4n) is 1.15. The lowest BCUT2D eigenvalue weighted by atomic mass is 10.5. The molecule has 1 aromatic heterocycles. The molecule has 0 amide bonds. The zero-order valence-electron chi connectivity index (χ0n) is 9.91. The number of carbonyl (C=O) groups is 1. The van der Waals surface area contributed by atoms with Gasteiger partial charge in [0.25, 0.3) is 10.0 Å². The van der Waals surface area contributed by atoms with Gasteiger partial charge in [0.1, 0.15) is 21.7 Å². The smallest absolute Gasteiger partial charge is 0.321 e. The highest BCUT2D eigenvalue weighted by atomic mass is 32.2. The molecule has 1 aromatic rings. The lowest BCUT2D eigenvalue weighted by molar-refractivity contribution is -0.143. The normalized spacial score (nSPS) is 11.2. The van der Waals surface area contributed by atoms with Crippen molar-refractivity contribution in [1.82, 2.24) is 4.31 Å². The quantitative estimate of drug-likeness (QED) is 0.748. The molecule has 0 atom stereocenters. The zero-order chi connectivity index (χ0) is 13.8. The fourth-order valence-corrected chi connectivity index (χ4v) is 3.58. The van der Waals surface area contributed by atoms with Crippen molar-refractivity contribution in [2.75, 3.05) is 20.2 Å². The van der Waals surface area contributed by atoms with Crippen LogP contribution in [0.1, 0.15) is 11.8 Å². The van der Waals surface area contributed by atoms with E-state index < -0.39 is 16.0 Å². The maximum atomic E-state index is 12.0. The van der Waals surface area contributed by atoms with Crippen LogP contribution >= 0.6 is 11.3 Å². The first-order valence-electron chi connectivity index (χ1n) is 5.03. The summed E-state index contributed by atoms with van der Waals surface area (Å²) in [6.07, 6.45) is 0. The average Bonchev–Trinajstić information content (AvgIpc) is 2.78. The van der Waals surface area contributed by atoms with E-state index in [-0.39, 0.29) is 17.4 Å². The second kappa shape index (κ2) is 5.95. The Morgan fingerprint density at radius 3 is 2.72 bits per heavy atom. The van der Waals surface area contributed by atoms with Crippen LogP contribution in [0.3, 0.4) is 0 Å². The van der Waals surface area contributed by atoms with E-state index in [1.165, 1.54) is 19.2 Å². The van der Waals surface area contributed by atoms with Gasteiger partial charge in [0.15, 0.2) is 0 Å². The number of ether oxygens (including phenoxy) is 1. The molecule has 0 aliphatic rings. The molecule has 0 N–H and O–H groups in total. The van der Waals surface area contributed by atoms with Crippen LogP contribution in [0.2, 0.25) is 0 Å². The Hall–Kier alpha value is -1.43. The Kier molecular flexibility index (Phi) is 4.84. The SMILES string of the molecule is CCOC(=O)CN(C)S(=O)(=O)c1ccc(C#N)s1. The molecule has 0 bridgehead atoms. The van der Waals surface area contributed by atoms with Gasteiger partial charge in [-0.3, -0.25) is 4.79 Å². The maximum absolute atomic E-state index is 12.0. The standard InChI is InChI=1S/C10H12N2O4S2/c1-3-16-9(13)7-12(2)18(14,15)10-5-4-8(6-11)17-10/h4-5H,3,7H2,1-2H3. The summed E-state index contributed by atoms with van der Waals surface area (Å²) in [5, 5.41) is 8.65. The molecule has 0 unspecified atom stereocenters. The topological polar surface area (TPSA) is 87.5 Å². The van der Waals surface area contributed by atoms with Gasteiger partial charge in [0, 0.05) is 7.05 Å².